The second kappa shape index (κ2) is 9.36. The summed E-state index contributed by atoms with van der Waals surface area (Å²) in [6, 6.07) is 13.9. The van der Waals surface area contributed by atoms with Gasteiger partial charge in [0.05, 0.1) is 12.5 Å². The molecule has 1 atom stereocenters. The number of aryl methyl sites for hydroxylation is 3. The molecule has 0 aliphatic heterocycles. The van der Waals surface area contributed by atoms with Crippen molar-refractivity contribution in [2.24, 2.45) is 0 Å². The van der Waals surface area contributed by atoms with Crippen LogP contribution in [0.1, 0.15) is 47.9 Å². The summed E-state index contributed by atoms with van der Waals surface area (Å²) >= 11 is 0. The second-order valence-electron chi connectivity index (χ2n) is 7.27. The molecule has 0 fully saturated rings. The number of benzene rings is 2. The fourth-order valence-electron chi connectivity index (χ4n) is 3.52. The van der Waals surface area contributed by atoms with E-state index in [2.05, 4.69) is 12.2 Å². The molecule has 0 radical (unpaired) electrons. The lowest BCUT2D eigenvalue weighted by atomic mass is 9.93. The molecular formula is C23H30N2O2. The number of carbonyl (C=O) groups excluding carboxylic acids is 2. The molecule has 2 amide bonds. The van der Waals surface area contributed by atoms with Crippen LogP contribution in [0.3, 0.4) is 0 Å². The largest absolute Gasteiger partial charge is 0.336 e. The van der Waals surface area contributed by atoms with Gasteiger partial charge in [-0.3, -0.25) is 9.59 Å². The van der Waals surface area contributed by atoms with Gasteiger partial charge in [-0.1, -0.05) is 61.4 Å². The summed E-state index contributed by atoms with van der Waals surface area (Å²) in [5.74, 6) is -0.406. The first-order chi connectivity index (χ1) is 12.8. The van der Waals surface area contributed by atoms with Crippen LogP contribution < -0.4 is 5.32 Å². The number of likely N-dealkylation sites (N-methyl/N-ethyl adjacent to an activating group) is 1. The number of anilines is 1. The van der Waals surface area contributed by atoms with Crippen molar-refractivity contribution >= 4 is 17.5 Å². The summed E-state index contributed by atoms with van der Waals surface area (Å²) in [6.45, 7) is 8.11. The fraction of sp³-hybridized carbons (Fsp3) is 0.391. The lowest BCUT2D eigenvalue weighted by Gasteiger charge is -2.24. The van der Waals surface area contributed by atoms with Gasteiger partial charge in [0.2, 0.25) is 11.8 Å². The molecule has 0 heterocycles. The van der Waals surface area contributed by atoms with Crippen LogP contribution in [0.2, 0.25) is 0 Å². The van der Waals surface area contributed by atoms with Crippen LogP contribution in [0, 0.1) is 20.8 Å². The summed E-state index contributed by atoms with van der Waals surface area (Å²) in [7, 11) is 1.70. The lowest BCUT2D eigenvalue weighted by Crippen LogP contribution is -2.38. The number of rotatable bonds is 7. The van der Waals surface area contributed by atoms with Crippen LogP contribution in [0.4, 0.5) is 5.69 Å². The number of nitrogens with zero attached hydrogens (tertiary/aromatic N) is 1. The molecule has 27 heavy (non-hydrogen) atoms. The van der Waals surface area contributed by atoms with Gasteiger partial charge >= 0.3 is 0 Å². The zero-order valence-corrected chi connectivity index (χ0v) is 17.0. The van der Waals surface area contributed by atoms with Crippen LogP contribution in [0.15, 0.2) is 42.5 Å². The van der Waals surface area contributed by atoms with E-state index in [0.29, 0.717) is 0 Å². The average molecular weight is 367 g/mol. The Morgan fingerprint density at radius 1 is 1.04 bits per heavy atom. The highest BCUT2D eigenvalue weighted by Crippen LogP contribution is 2.24. The Hall–Kier alpha value is -2.62. The maximum absolute atomic E-state index is 12.9. The van der Waals surface area contributed by atoms with E-state index in [9.17, 15) is 9.59 Å². The van der Waals surface area contributed by atoms with E-state index in [1.807, 2.05) is 63.2 Å². The van der Waals surface area contributed by atoms with Crippen LogP contribution in [-0.2, 0) is 9.59 Å². The van der Waals surface area contributed by atoms with Crippen molar-refractivity contribution in [3.05, 3.63) is 64.7 Å². The zero-order valence-electron chi connectivity index (χ0n) is 17.0. The average Bonchev–Trinajstić information content (AvgIpc) is 2.62. The van der Waals surface area contributed by atoms with Gasteiger partial charge < -0.3 is 10.2 Å². The minimum absolute atomic E-state index is 0.0180. The van der Waals surface area contributed by atoms with Crippen molar-refractivity contribution in [2.75, 3.05) is 18.9 Å². The van der Waals surface area contributed by atoms with Crippen molar-refractivity contribution in [3.8, 4) is 0 Å². The first-order valence-electron chi connectivity index (χ1n) is 9.51. The molecule has 0 spiro atoms. The molecule has 0 aliphatic rings. The van der Waals surface area contributed by atoms with Gasteiger partial charge in [-0.05, 0) is 43.9 Å². The zero-order chi connectivity index (χ0) is 20.0. The standard InChI is InChI=1S/C23H30N2O2/c1-6-10-20(19-11-8-7-9-12-19)23(27)25(5)15-21(26)24-22-17(3)13-16(2)14-18(22)4/h7-9,11-14,20H,6,10,15H2,1-5H3,(H,24,26). The van der Waals surface area contributed by atoms with Crippen LogP contribution in [-0.4, -0.2) is 30.3 Å². The quantitative estimate of drug-likeness (QED) is 0.779. The maximum Gasteiger partial charge on any atom is 0.243 e. The predicted molar refractivity (Wildman–Crippen MR) is 111 cm³/mol. The molecule has 0 bridgehead atoms. The van der Waals surface area contributed by atoms with E-state index in [4.69, 9.17) is 0 Å². The minimum atomic E-state index is -0.211. The van der Waals surface area contributed by atoms with E-state index in [1.54, 1.807) is 7.05 Å². The monoisotopic (exact) mass is 366 g/mol. The van der Waals surface area contributed by atoms with Gasteiger partial charge in [-0.25, -0.2) is 0 Å². The van der Waals surface area contributed by atoms with Gasteiger partial charge in [0.1, 0.15) is 0 Å². The van der Waals surface area contributed by atoms with Gasteiger partial charge in [0.15, 0.2) is 0 Å². The Kier molecular flexibility index (Phi) is 7.17. The highest BCUT2D eigenvalue weighted by atomic mass is 16.2. The van der Waals surface area contributed by atoms with Crippen molar-refractivity contribution in [3.63, 3.8) is 0 Å². The molecule has 2 aromatic rings. The van der Waals surface area contributed by atoms with Gasteiger partial charge in [-0.15, -0.1) is 0 Å². The predicted octanol–water partition coefficient (Wildman–Crippen LogP) is 4.59. The van der Waals surface area contributed by atoms with Gasteiger partial charge in [0, 0.05) is 12.7 Å². The molecule has 144 valence electrons. The summed E-state index contributed by atoms with van der Waals surface area (Å²) in [5, 5.41) is 2.97. The molecule has 0 saturated heterocycles. The highest BCUT2D eigenvalue weighted by Gasteiger charge is 2.24. The molecule has 1 N–H and O–H groups in total. The normalized spacial score (nSPS) is 11.7. The van der Waals surface area contributed by atoms with E-state index in [-0.39, 0.29) is 24.3 Å². The first-order valence-corrected chi connectivity index (χ1v) is 9.51. The number of hydrogen-bond donors (Lipinski definition) is 1. The molecule has 4 heteroatoms. The van der Waals surface area contributed by atoms with Crippen LogP contribution >= 0.6 is 0 Å². The summed E-state index contributed by atoms with van der Waals surface area (Å²) in [5.41, 5.74) is 5.06. The Labute approximate surface area is 162 Å². The topological polar surface area (TPSA) is 49.4 Å². The molecule has 0 aliphatic carbocycles. The lowest BCUT2D eigenvalue weighted by molar-refractivity contribution is -0.134. The number of carbonyl (C=O) groups is 2. The molecule has 0 aromatic heterocycles. The van der Waals surface area contributed by atoms with Crippen molar-refractivity contribution in [2.45, 2.75) is 46.5 Å². The molecule has 2 aromatic carbocycles. The van der Waals surface area contributed by atoms with Gasteiger partial charge in [-0.2, -0.15) is 0 Å². The van der Waals surface area contributed by atoms with Gasteiger partial charge in [0.25, 0.3) is 0 Å². The minimum Gasteiger partial charge on any atom is -0.336 e. The smallest absolute Gasteiger partial charge is 0.243 e. The van der Waals surface area contributed by atoms with E-state index < -0.39 is 0 Å². The molecule has 4 nitrogen and oxygen atoms in total. The SMILES string of the molecule is CCCC(C(=O)N(C)CC(=O)Nc1c(C)cc(C)cc1C)c1ccccc1. The summed E-state index contributed by atoms with van der Waals surface area (Å²) in [6.07, 6.45) is 1.68. The van der Waals surface area contributed by atoms with Crippen molar-refractivity contribution in [1.82, 2.24) is 4.90 Å². The van der Waals surface area contributed by atoms with Crippen LogP contribution in [0.5, 0.6) is 0 Å². The molecule has 2 rings (SSSR count). The highest BCUT2D eigenvalue weighted by molar-refractivity contribution is 5.96. The third-order valence-electron chi connectivity index (χ3n) is 4.78. The van der Waals surface area contributed by atoms with E-state index >= 15 is 0 Å². The number of amides is 2. The van der Waals surface area contributed by atoms with Crippen LogP contribution in [0.25, 0.3) is 0 Å². The Morgan fingerprint density at radius 3 is 2.19 bits per heavy atom. The van der Waals surface area contributed by atoms with E-state index in [0.717, 1.165) is 35.2 Å². The molecular weight excluding hydrogens is 336 g/mol. The third-order valence-corrected chi connectivity index (χ3v) is 4.78. The summed E-state index contributed by atoms with van der Waals surface area (Å²) < 4.78 is 0. The van der Waals surface area contributed by atoms with Crippen molar-refractivity contribution in [1.29, 1.82) is 0 Å². The fourth-order valence-corrected chi connectivity index (χ4v) is 3.52. The summed E-state index contributed by atoms with van der Waals surface area (Å²) in [4.78, 5) is 27.0. The molecule has 1 unspecified atom stereocenters. The Balaban J connectivity index is 2.07. The molecule has 0 saturated carbocycles. The third kappa shape index (κ3) is 5.43. The first kappa shape index (κ1) is 20.7. The number of nitrogens with one attached hydrogen (secondary N) is 1. The van der Waals surface area contributed by atoms with E-state index in [1.165, 1.54) is 10.5 Å². The Bertz CT molecular complexity index is 776. The Morgan fingerprint density at radius 2 is 1.63 bits per heavy atom. The van der Waals surface area contributed by atoms with Crippen molar-refractivity contribution < 1.29 is 9.59 Å². The second-order valence-corrected chi connectivity index (χ2v) is 7.27. The number of hydrogen-bond acceptors (Lipinski definition) is 2. The maximum atomic E-state index is 12.9.